The van der Waals surface area contributed by atoms with Gasteiger partial charge in [-0.1, -0.05) is 27.5 Å². The minimum Gasteiger partial charge on any atom is -0.330 e. The highest BCUT2D eigenvalue weighted by molar-refractivity contribution is 9.10. The molecule has 2 nitrogen and oxygen atoms in total. The van der Waals surface area contributed by atoms with Crippen molar-refractivity contribution in [2.24, 2.45) is 0 Å². The Hall–Kier alpha value is -1.10. The van der Waals surface area contributed by atoms with E-state index in [2.05, 4.69) is 20.9 Å². The zero-order valence-electron chi connectivity index (χ0n) is 9.15. The van der Waals surface area contributed by atoms with Crippen molar-refractivity contribution in [3.63, 3.8) is 0 Å². The second kappa shape index (κ2) is 4.53. The predicted molar refractivity (Wildman–Crippen MR) is 81.2 cm³/mol. The summed E-state index contributed by atoms with van der Waals surface area (Å²) in [6, 6.07) is 13.6. The molecular formula is C13H8BrClN2S. The van der Waals surface area contributed by atoms with E-state index in [0.29, 0.717) is 9.79 Å². The minimum atomic E-state index is 0.672. The number of halogens is 2. The fourth-order valence-electron chi connectivity index (χ4n) is 1.92. The molecule has 0 atom stereocenters. The van der Waals surface area contributed by atoms with Crippen LogP contribution in [0.2, 0.25) is 5.02 Å². The van der Waals surface area contributed by atoms with E-state index < -0.39 is 0 Å². The summed E-state index contributed by atoms with van der Waals surface area (Å²) in [6.45, 7) is 0. The summed E-state index contributed by atoms with van der Waals surface area (Å²) in [7, 11) is 0. The van der Waals surface area contributed by atoms with Gasteiger partial charge in [0.2, 0.25) is 0 Å². The Kier molecular flexibility index (Phi) is 3.01. The second-order valence-electron chi connectivity index (χ2n) is 3.90. The molecule has 3 aromatic rings. The molecule has 2 aromatic carbocycles. The van der Waals surface area contributed by atoms with Crippen LogP contribution in [0.15, 0.2) is 46.9 Å². The molecule has 3 rings (SSSR count). The van der Waals surface area contributed by atoms with Gasteiger partial charge in [0.25, 0.3) is 0 Å². The first-order chi connectivity index (χ1) is 8.65. The van der Waals surface area contributed by atoms with Gasteiger partial charge >= 0.3 is 0 Å². The van der Waals surface area contributed by atoms with Gasteiger partial charge < -0.3 is 4.98 Å². The van der Waals surface area contributed by atoms with Gasteiger partial charge in [0, 0.05) is 15.2 Å². The number of nitrogens with one attached hydrogen (secondary N) is 1. The Labute approximate surface area is 122 Å². The molecule has 0 bridgehead atoms. The molecule has 0 radical (unpaired) electrons. The average molecular weight is 340 g/mol. The number of benzene rings is 2. The molecule has 0 spiro atoms. The number of fused-ring (bicyclic) bond motifs is 1. The number of aromatic amines is 1. The standard InChI is InChI=1S/C13H8BrClN2S/c14-8-1-6-11-12(7-8)17(13(18)16-11)10-4-2-9(15)3-5-10/h1-7H,(H,16,18). The highest BCUT2D eigenvalue weighted by atomic mass is 79.9. The number of aromatic nitrogens is 2. The van der Waals surface area contributed by atoms with Crippen molar-refractivity contribution in [3.8, 4) is 5.69 Å². The molecule has 0 fully saturated rings. The Morgan fingerprint density at radius 2 is 1.83 bits per heavy atom. The first kappa shape index (κ1) is 12.0. The van der Waals surface area contributed by atoms with Gasteiger partial charge in [-0.25, -0.2) is 0 Å². The van der Waals surface area contributed by atoms with E-state index in [4.69, 9.17) is 23.8 Å². The summed E-state index contributed by atoms with van der Waals surface area (Å²) in [6.07, 6.45) is 0. The summed E-state index contributed by atoms with van der Waals surface area (Å²) in [5.41, 5.74) is 3.04. The summed E-state index contributed by atoms with van der Waals surface area (Å²) in [4.78, 5) is 3.19. The number of imidazole rings is 1. The normalized spacial score (nSPS) is 11.0. The molecule has 0 aliphatic carbocycles. The number of hydrogen-bond acceptors (Lipinski definition) is 1. The SMILES string of the molecule is S=c1[nH]c2ccc(Br)cc2n1-c1ccc(Cl)cc1. The maximum absolute atomic E-state index is 5.91. The third kappa shape index (κ3) is 2.00. The maximum atomic E-state index is 5.91. The largest absolute Gasteiger partial charge is 0.330 e. The zero-order chi connectivity index (χ0) is 12.7. The fraction of sp³-hybridized carbons (Fsp3) is 0. The van der Waals surface area contributed by atoms with Gasteiger partial charge in [-0.2, -0.15) is 0 Å². The molecule has 0 unspecified atom stereocenters. The molecule has 0 saturated heterocycles. The first-order valence-corrected chi connectivity index (χ1v) is 6.89. The number of hydrogen-bond donors (Lipinski definition) is 1. The first-order valence-electron chi connectivity index (χ1n) is 5.31. The number of nitrogens with zero attached hydrogens (tertiary/aromatic N) is 1. The lowest BCUT2D eigenvalue weighted by Gasteiger charge is -2.04. The lowest BCUT2D eigenvalue weighted by atomic mass is 10.3. The minimum absolute atomic E-state index is 0.672. The van der Waals surface area contributed by atoms with Crippen molar-refractivity contribution in [1.29, 1.82) is 0 Å². The number of rotatable bonds is 1. The van der Waals surface area contributed by atoms with Crippen LogP contribution in [0, 0.1) is 4.77 Å². The van der Waals surface area contributed by atoms with E-state index in [9.17, 15) is 0 Å². The van der Waals surface area contributed by atoms with E-state index in [0.717, 1.165) is 21.2 Å². The van der Waals surface area contributed by atoms with Crippen molar-refractivity contribution < 1.29 is 0 Å². The monoisotopic (exact) mass is 338 g/mol. The lowest BCUT2D eigenvalue weighted by Crippen LogP contribution is -1.93. The molecule has 0 saturated carbocycles. The Morgan fingerprint density at radius 3 is 2.56 bits per heavy atom. The van der Waals surface area contributed by atoms with Crippen LogP contribution in [0.3, 0.4) is 0 Å². The molecule has 1 heterocycles. The summed E-state index contributed by atoms with van der Waals surface area (Å²) >= 11 is 14.8. The molecule has 0 amide bonds. The highest BCUT2D eigenvalue weighted by Gasteiger charge is 2.06. The van der Waals surface area contributed by atoms with Crippen LogP contribution >= 0.6 is 39.7 Å². The van der Waals surface area contributed by atoms with Gasteiger partial charge in [-0.05, 0) is 54.7 Å². The van der Waals surface area contributed by atoms with Gasteiger partial charge in [-0.15, -0.1) is 0 Å². The third-order valence-electron chi connectivity index (χ3n) is 2.73. The van der Waals surface area contributed by atoms with Crippen LogP contribution in [0.25, 0.3) is 16.7 Å². The lowest BCUT2D eigenvalue weighted by molar-refractivity contribution is 1.06. The van der Waals surface area contributed by atoms with Crippen LogP contribution in [-0.4, -0.2) is 9.55 Å². The van der Waals surface area contributed by atoms with Crippen molar-refractivity contribution >= 4 is 50.8 Å². The van der Waals surface area contributed by atoms with Crippen molar-refractivity contribution in [3.05, 3.63) is 56.7 Å². The smallest absolute Gasteiger partial charge is 0.182 e. The third-order valence-corrected chi connectivity index (χ3v) is 3.76. The van der Waals surface area contributed by atoms with Crippen LogP contribution < -0.4 is 0 Å². The van der Waals surface area contributed by atoms with Crippen molar-refractivity contribution in [2.75, 3.05) is 0 Å². The second-order valence-corrected chi connectivity index (χ2v) is 5.64. The Bertz CT molecular complexity index is 774. The average Bonchev–Trinajstić information content (AvgIpc) is 2.66. The summed E-state index contributed by atoms with van der Waals surface area (Å²) < 4.78 is 3.68. The van der Waals surface area contributed by atoms with Crippen LogP contribution in [0.5, 0.6) is 0 Å². The van der Waals surface area contributed by atoms with E-state index in [-0.39, 0.29) is 0 Å². The highest BCUT2D eigenvalue weighted by Crippen LogP contribution is 2.23. The Morgan fingerprint density at radius 1 is 1.11 bits per heavy atom. The molecule has 5 heteroatoms. The topological polar surface area (TPSA) is 20.7 Å². The van der Waals surface area contributed by atoms with Crippen LogP contribution in [-0.2, 0) is 0 Å². The van der Waals surface area contributed by atoms with Gasteiger partial charge in [0.1, 0.15) is 0 Å². The zero-order valence-corrected chi connectivity index (χ0v) is 12.3. The van der Waals surface area contributed by atoms with Gasteiger partial charge in [-0.3, -0.25) is 4.57 Å². The van der Waals surface area contributed by atoms with E-state index in [1.807, 2.05) is 47.0 Å². The Balaban J connectivity index is 2.34. The summed E-state index contributed by atoms with van der Waals surface area (Å²) in [5, 5.41) is 0.714. The molecule has 1 aromatic heterocycles. The quantitative estimate of drug-likeness (QED) is 0.611. The van der Waals surface area contributed by atoms with Gasteiger partial charge in [0.15, 0.2) is 4.77 Å². The molecule has 90 valence electrons. The van der Waals surface area contributed by atoms with Crippen LogP contribution in [0.1, 0.15) is 0 Å². The van der Waals surface area contributed by atoms with E-state index in [1.54, 1.807) is 0 Å². The van der Waals surface area contributed by atoms with Crippen molar-refractivity contribution in [2.45, 2.75) is 0 Å². The summed E-state index contributed by atoms with van der Waals surface area (Å²) in [5.74, 6) is 0. The predicted octanol–water partition coefficient (Wildman–Crippen LogP) is 5.10. The number of H-pyrrole nitrogens is 1. The van der Waals surface area contributed by atoms with Crippen LogP contribution in [0.4, 0.5) is 0 Å². The molecule has 1 N–H and O–H groups in total. The van der Waals surface area contributed by atoms with E-state index in [1.165, 1.54) is 0 Å². The van der Waals surface area contributed by atoms with E-state index >= 15 is 0 Å². The van der Waals surface area contributed by atoms with Gasteiger partial charge in [0.05, 0.1) is 11.0 Å². The van der Waals surface area contributed by atoms with Crippen molar-refractivity contribution in [1.82, 2.24) is 9.55 Å². The molecule has 0 aliphatic heterocycles. The molecular weight excluding hydrogens is 332 g/mol. The fourth-order valence-corrected chi connectivity index (χ4v) is 2.71. The maximum Gasteiger partial charge on any atom is 0.182 e. The molecule has 0 aliphatic rings. The molecule has 18 heavy (non-hydrogen) atoms.